The van der Waals surface area contributed by atoms with E-state index in [-0.39, 0.29) is 0 Å². The van der Waals surface area contributed by atoms with Gasteiger partial charge in [-0.1, -0.05) is 0 Å². The van der Waals surface area contributed by atoms with Crippen molar-refractivity contribution in [3.8, 4) is 0 Å². The fraction of sp³-hybridized carbons (Fsp3) is 0.667. The van der Waals surface area contributed by atoms with Gasteiger partial charge < -0.3 is 10.6 Å². The first kappa shape index (κ1) is 15.6. The Morgan fingerprint density at radius 3 is 0.750 bits per heavy atom. The van der Waals surface area contributed by atoms with Gasteiger partial charge in [-0.2, -0.15) is 0 Å². The van der Waals surface area contributed by atoms with Crippen molar-refractivity contribution < 1.29 is 0 Å². The highest BCUT2D eigenvalue weighted by atomic mass is 14.7. The highest BCUT2D eigenvalue weighted by molar-refractivity contribution is 4.22. The summed E-state index contributed by atoms with van der Waals surface area (Å²) in [5, 5.41) is 5.50. The molecule has 0 rings (SSSR count). The van der Waals surface area contributed by atoms with E-state index in [0.29, 0.717) is 0 Å². The van der Waals surface area contributed by atoms with Gasteiger partial charge >= 0.3 is 0 Å². The predicted molar refractivity (Wildman–Crippen MR) is 41.2 cm³/mol. The Hall–Kier alpha value is -0.340. The molecule has 2 N–H and O–H groups in total. The standard InChI is InChI=1S/2C2H7N.C2H4/c2*1-3-2;1-2/h2*3H,1-2H3;1-2H2. The van der Waals surface area contributed by atoms with Crippen molar-refractivity contribution in [3.63, 3.8) is 0 Å². The molecular weight excluding hydrogens is 100 g/mol. The average molecular weight is 118 g/mol. The van der Waals surface area contributed by atoms with Crippen molar-refractivity contribution in [2.24, 2.45) is 0 Å². The maximum Gasteiger partial charge on any atom is -0.0167 e. The average Bonchev–Trinajstić information content (AvgIpc) is 1.75. The lowest BCUT2D eigenvalue weighted by Crippen LogP contribution is -1.89. The third-order valence-corrected chi connectivity index (χ3v) is 0. The molecule has 0 spiro atoms. The second-order valence-corrected chi connectivity index (χ2v) is 1.00. The lowest BCUT2D eigenvalue weighted by molar-refractivity contribution is 1.02. The molecular formula is C6H18N2. The van der Waals surface area contributed by atoms with Crippen LogP contribution < -0.4 is 10.6 Å². The summed E-state index contributed by atoms with van der Waals surface area (Å²) in [4.78, 5) is 0. The van der Waals surface area contributed by atoms with Crippen LogP contribution >= 0.6 is 0 Å². The first-order valence-electron chi connectivity index (χ1n) is 2.50. The molecule has 0 aliphatic carbocycles. The van der Waals surface area contributed by atoms with Crippen LogP contribution in [0.1, 0.15) is 0 Å². The van der Waals surface area contributed by atoms with Crippen molar-refractivity contribution >= 4 is 0 Å². The molecule has 2 heteroatoms. The number of hydrogen-bond acceptors (Lipinski definition) is 2. The van der Waals surface area contributed by atoms with E-state index in [1.54, 1.807) is 0 Å². The molecule has 0 amide bonds. The Labute approximate surface area is 53.0 Å². The van der Waals surface area contributed by atoms with Gasteiger partial charge in [-0.3, -0.25) is 0 Å². The zero-order valence-electron chi connectivity index (χ0n) is 6.41. The van der Waals surface area contributed by atoms with Gasteiger partial charge in [0.25, 0.3) is 0 Å². The van der Waals surface area contributed by atoms with Crippen LogP contribution in [0.4, 0.5) is 0 Å². The van der Waals surface area contributed by atoms with Crippen molar-refractivity contribution in [3.05, 3.63) is 13.2 Å². The number of hydrogen-bond donors (Lipinski definition) is 2. The molecule has 0 atom stereocenters. The Morgan fingerprint density at radius 2 is 0.750 bits per heavy atom. The lowest BCUT2D eigenvalue weighted by Gasteiger charge is -1.59. The van der Waals surface area contributed by atoms with E-state index >= 15 is 0 Å². The maximum atomic E-state index is 3.00. The van der Waals surface area contributed by atoms with Crippen molar-refractivity contribution in [2.45, 2.75) is 0 Å². The lowest BCUT2D eigenvalue weighted by atomic mass is 11.3. The quantitative estimate of drug-likeness (QED) is 0.452. The second kappa shape index (κ2) is 77.4. The SMILES string of the molecule is C=C.CNC.CNC. The Bertz CT molecular complexity index is 14.0. The minimum atomic E-state index is 1.88. The highest BCUT2D eigenvalue weighted by Gasteiger charge is 1.26. The first-order valence-corrected chi connectivity index (χ1v) is 2.50. The Balaban J connectivity index is -0.0000000483. The number of rotatable bonds is 0. The summed E-state index contributed by atoms with van der Waals surface area (Å²) >= 11 is 0. The molecule has 52 valence electrons. The molecule has 0 bridgehead atoms. The molecule has 0 fully saturated rings. The van der Waals surface area contributed by atoms with Crippen molar-refractivity contribution in [1.82, 2.24) is 10.6 Å². The molecule has 0 radical (unpaired) electrons. The van der Waals surface area contributed by atoms with E-state index in [9.17, 15) is 0 Å². The second-order valence-electron chi connectivity index (χ2n) is 1.00. The summed E-state index contributed by atoms with van der Waals surface area (Å²) in [6.07, 6.45) is 0. The van der Waals surface area contributed by atoms with Gasteiger partial charge in [0.15, 0.2) is 0 Å². The van der Waals surface area contributed by atoms with E-state index in [2.05, 4.69) is 23.8 Å². The summed E-state index contributed by atoms with van der Waals surface area (Å²) in [5.41, 5.74) is 0. The van der Waals surface area contributed by atoms with Gasteiger partial charge in [-0.05, 0) is 28.2 Å². The summed E-state index contributed by atoms with van der Waals surface area (Å²) in [6, 6.07) is 0. The molecule has 8 heavy (non-hydrogen) atoms. The smallest absolute Gasteiger partial charge is 0.0167 e. The highest BCUT2D eigenvalue weighted by Crippen LogP contribution is 0.984. The molecule has 0 aromatic heterocycles. The van der Waals surface area contributed by atoms with E-state index in [1.165, 1.54) is 0 Å². The van der Waals surface area contributed by atoms with Crippen LogP contribution in [-0.2, 0) is 0 Å². The van der Waals surface area contributed by atoms with E-state index < -0.39 is 0 Å². The molecule has 0 unspecified atom stereocenters. The van der Waals surface area contributed by atoms with Gasteiger partial charge in [0.1, 0.15) is 0 Å². The molecule has 0 heterocycles. The topological polar surface area (TPSA) is 24.1 Å². The van der Waals surface area contributed by atoms with Crippen LogP contribution in [0.3, 0.4) is 0 Å². The maximum absolute atomic E-state index is 3.00. The van der Waals surface area contributed by atoms with Crippen molar-refractivity contribution in [2.75, 3.05) is 28.2 Å². The molecule has 2 nitrogen and oxygen atoms in total. The molecule has 0 aliphatic heterocycles. The zero-order chi connectivity index (χ0) is 7.41. The van der Waals surface area contributed by atoms with Crippen molar-refractivity contribution in [1.29, 1.82) is 0 Å². The van der Waals surface area contributed by atoms with Gasteiger partial charge in [0.05, 0.1) is 0 Å². The van der Waals surface area contributed by atoms with Gasteiger partial charge in [0.2, 0.25) is 0 Å². The summed E-state index contributed by atoms with van der Waals surface area (Å²) < 4.78 is 0. The zero-order valence-corrected chi connectivity index (χ0v) is 6.41. The minimum absolute atomic E-state index is 1.88. The summed E-state index contributed by atoms with van der Waals surface area (Å²) in [6.45, 7) is 6.00. The normalized spacial score (nSPS) is 5.00. The Kier molecular flexibility index (Phi) is 151. The monoisotopic (exact) mass is 118 g/mol. The van der Waals surface area contributed by atoms with Crippen LogP contribution in [0, 0.1) is 0 Å². The molecule has 0 saturated carbocycles. The van der Waals surface area contributed by atoms with Crippen LogP contribution in [-0.4, -0.2) is 28.2 Å². The van der Waals surface area contributed by atoms with Gasteiger partial charge in [0, 0.05) is 0 Å². The molecule has 0 aromatic carbocycles. The van der Waals surface area contributed by atoms with Gasteiger partial charge in [-0.15, -0.1) is 13.2 Å². The number of nitrogens with one attached hydrogen (secondary N) is 2. The third kappa shape index (κ3) is 1060. The van der Waals surface area contributed by atoms with Crippen LogP contribution in [0.2, 0.25) is 0 Å². The third-order valence-electron chi connectivity index (χ3n) is 0. The Morgan fingerprint density at radius 1 is 0.750 bits per heavy atom. The summed E-state index contributed by atoms with van der Waals surface area (Å²) in [5.74, 6) is 0. The largest absolute Gasteiger partial charge is 0.323 e. The van der Waals surface area contributed by atoms with E-state index in [0.717, 1.165) is 0 Å². The summed E-state index contributed by atoms with van der Waals surface area (Å²) in [7, 11) is 7.50. The first-order chi connectivity index (χ1) is 3.83. The predicted octanol–water partition coefficient (Wildman–Crippen LogP) is 0.473. The van der Waals surface area contributed by atoms with Crippen LogP contribution in [0.5, 0.6) is 0 Å². The fourth-order valence-electron chi connectivity index (χ4n) is 0. The van der Waals surface area contributed by atoms with Crippen LogP contribution in [0.25, 0.3) is 0 Å². The van der Waals surface area contributed by atoms with E-state index in [1.807, 2.05) is 28.2 Å². The minimum Gasteiger partial charge on any atom is -0.323 e. The molecule has 0 aliphatic rings. The van der Waals surface area contributed by atoms with Gasteiger partial charge in [-0.25, -0.2) is 0 Å². The fourth-order valence-corrected chi connectivity index (χ4v) is 0. The molecule has 0 aromatic rings. The molecule has 0 saturated heterocycles. The van der Waals surface area contributed by atoms with Crippen LogP contribution in [0.15, 0.2) is 13.2 Å². The van der Waals surface area contributed by atoms with E-state index in [4.69, 9.17) is 0 Å².